The Labute approximate surface area is 161 Å². The topological polar surface area (TPSA) is 50.6 Å². The minimum absolute atomic E-state index is 0. The van der Waals surface area contributed by atoms with Crippen molar-refractivity contribution in [1.82, 2.24) is 15.2 Å². The molecule has 0 aliphatic rings. The second-order valence-electron chi connectivity index (χ2n) is 5.58. The van der Waals surface area contributed by atoms with Crippen molar-refractivity contribution < 1.29 is 4.74 Å². The lowest BCUT2D eigenvalue weighted by Gasteiger charge is -2.13. The lowest BCUT2D eigenvalue weighted by molar-refractivity contribution is 0.242. The molecule has 5 nitrogen and oxygen atoms in total. The number of benzene rings is 1. The Kier molecular flexibility index (Phi) is 9.29. The average molecular weight is 442 g/mol. The molecular weight excluding hydrogens is 415 g/mol. The van der Waals surface area contributed by atoms with Gasteiger partial charge in [0.25, 0.3) is 0 Å². The van der Waals surface area contributed by atoms with Crippen LogP contribution >= 0.6 is 24.0 Å². The number of aromatic nitrogens is 1. The van der Waals surface area contributed by atoms with Crippen LogP contribution in [0.2, 0.25) is 0 Å². The van der Waals surface area contributed by atoms with E-state index in [1.54, 1.807) is 7.05 Å². The molecule has 0 spiro atoms. The van der Waals surface area contributed by atoms with Crippen LogP contribution in [0.25, 0.3) is 0 Å². The predicted octanol–water partition coefficient (Wildman–Crippen LogP) is 3.26. The molecule has 1 aromatic carbocycles. The highest BCUT2D eigenvalue weighted by atomic mass is 127. The second kappa shape index (κ2) is 11.0. The molecule has 0 saturated carbocycles. The van der Waals surface area contributed by atoms with E-state index in [9.17, 15) is 0 Å². The van der Waals surface area contributed by atoms with Gasteiger partial charge in [-0.3, -0.25) is 4.99 Å². The number of halogens is 1. The maximum Gasteiger partial charge on any atom is 0.191 e. The molecule has 0 radical (unpaired) electrons. The third-order valence-electron chi connectivity index (χ3n) is 3.31. The van der Waals surface area contributed by atoms with Gasteiger partial charge in [-0.25, -0.2) is 0 Å². The molecular formula is C18H27IN4O. The van der Waals surface area contributed by atoms with E-state index < -0.39 is 0 Å². The number of nitrogens with zero attached hydrogens (tertiary/aromatic N) is 2. The van der Waals surface area contributed by atoms with Gasteiger partial charge < -0.3 is 19.9 Å². The summed E-state index contributed by atoms with van der Waals surface area (Å²) < 4.78 is 7.78. The molecule has 0 aliphatic heterocycles. The van der Waals surface area contributed by atoms with E-state index in [-0.39, 0.29) is 30.1 Å². The minimum atomic E-state index is 0. The molecule has 6 heteroatoms. The molecule has 2 rings (SSSR count). The number of hydrogen-bond acceptors (Lipinski definition) is 2. The molecule has 0 bridgehead atoms. The van der Waals surface area contributed by atoms with E-state index >= 15 is 0 Å². The summed E-state index contributed by atoms with van der Waals surface area (Å²) in [5.74, 6) is 1.71. The van der Waals surface area contributed by atoms with Crippen molar-refractivity contribution in [3.63, 3.8) is 0 Å². The lowest BCUT2D eigenvalue weighted by atomic mass is 10.2. The van der Waals surface area contributed by atoms with Gasteiger partial charge in [-0.15, -0.1) is 24.0 Å². The van der Waals surface area contributed by atoms with Crippen LogP contribution in [-0.2, 0) is 13.1 Å². The van der Waals surface area contributed by atoms with Crippen LogP contribution < -0.4 is 15.4 Å². The zero-order valence-electron chi connectivity index (χ0n) is 14.5. The van der Waals surface area contributed by atoms with Gasteiger partial charge in [0, 0.05) is 39.1 Å². The maximum atomic E-state index is 5.65. The Morgan fingerprint density at radius 3 is 2.38 bits per heavy atom. The Balaban J connectivity index is 0.00000288. The fourth-order valence-electron chi connectivity index (χ4n) is 2.19. The van der Waals surface area contributed by atoms with E-state index in [1.807, 2.05) is 38.1 Å². The largest absolute Gasteiger partial charge is 0.491 e. The molecule has 2 aromatic rings. The Bertz CT molecular complexity index is 594. The van der Waals surface area contributed by atoms with Crippen molar-refractivity contribution in [1.29, 1.82) is 0 Å². The summed E-state index contributed by atoms with van der Waals surface area (Å²) in [7, 11) is 1.78. The van der Waals surface area contributed by atoms with Crippen LogP contribution in [0.3, 0.4) is 0 Å². The van der Waals surface area contributed by atoms with E-state index in [2.05, 4.69) is 44.7 Å². The number of hydrogen-bond donors (Lipinski definition) is 2. The molecule has 0 aliphatic carbocycles. The maximum absolute atomic E-state index is 5.65. The Morgan fingerprint density at radius 2 is 1.79 bits per heavy atom. The zero-order valence-corrected chi connectivity index (χ0v) is 16.9. The molecule has 1 heterocycles. The average Bonchev–Trinajstić information content (AvgIpc) is 3.05. The van der Waals surface area contributed by atoms with Crippen LogP contribution in [0.5, 0.6) is 5.75 Å². The molecule has 2 N–H and O–H groups in total. The number of nitrogens with one attached hydrogen (secondary N) is 2. The summed E-state index contributed by atoms with van der Waals surface area (Å²) in [6, 6.07) is 12.2. The fourth-order valence-corrected chi connectivity index (χ4v) is 2.19. The van der Waals surface area contributed by atoms with Gasteiger partial charge in [-0.1, -0.05) is 12.1 Å². The molecule has 132 valence electrons. The van der Waals surface area contributed by atoms with Gasteiger partial charge in [0.1, 0.15) is 5.75 Å². The highest BCUT2D eigenvalue weighted by Crippen LogP contribution is 2.13. The van der Waals surface area contributed by atoms with Gasteiger partial charge >= 0.3 is 0 Å². The van der Waals surface area contributed by atoms with Crippen molar-refractivity contribution in [3.8, 4) is 5.75 Å². The molecule has 0 atom stereocenters. The first-order valence-corrected chi connectivity index (χ1v) is 7.98. The van der Waals surface area contributed by atoms with Gasteiger partial charge in [-0.2, -0.15) is 0 Å². The first-order valence-electron chi connectivity index (χ1n) is 7.98. The molecule has 1 aromatic heterocycles. The number of guanidine groups is 1. The SMILES string of the molecule is CN=C(NCCn1cccc1)NCc1ccc(OC(C)C)cc1.I. The lowest BCUT2D eigenvalue weighted by Crippen LogP contribution is -2.38. The summed E-state index contributed by atoms with van der Waals surface area (Å²) >= 11 is 0. The highest BCUT2D eigenvalue weighted by Gasteiger charge is 2.00. The summed E-state index contributed by atoms with van der Waals surface area (Å²) in [6.45, 7) is 6.52. The normalized spacial score (nSPS) is 11.1. The van der Waals surface area contributed by atoms with Crippen LogP contribution in [0.15, 0.2) is 53.8 Å². The van der Waals surface area contributed by atoms with Gasteiger partial charge in [-0.05, 0) is 43.7 Å². The van der Waals surface area contributed by atoms with Gasteiger partial charge in [0.2, 0.25) is 0 Å². The van der Waals surface area contributed by atoms with Crippen molar-refractivity contribution in [3.05, 3.63) is 54.4 Å². The van der Waals surface area contributed by atoms with Crippen molar-refractivity contribution in [2.75, 3.05) is 13.6 Å². The quantitative estimate of drug-likeness (QED) is 0.393. The minimum Gasteiger partial charge on any atom is -0.491 e. The summed E-state index contributed by atoms with van der Waals surface area (Å²) in [5, 5.41) is 6.62. The molecule has 0 fully saturated rings. The molecule has 0 saturated heterocycles. The second-order valence-corrected chi connectivity index (χ2v) is 5.58. The van der Waals surface area contributed by atoms with Crippen LogP contribution in [0, 0.1) is 0 Å². The van der Waals surface area contributed by atoms with E-state index in [0.717, 1.165) is 31.3 Å². The van der Waals surface area contributed by atoms with E-state index in [1.165, 1.54) is 5.56 Å². The summed E-state index contributed by atoms with van der Waals surface area (Å²) in [4.78, 5) is 4.24. The van der Waals surface area contributed by atoms with Gasteiger partial charge in [0.15, 0.2) is 5.96 Å². The highest BCUT2D eigenvalue weighted by molar-refractivity contribution is 14.0. The third-order valence-corrected chi connectivity index (χ3v) is 3.31. The molecule has 24 heavy (non-hydrogen) atoms. The van der Waals surface area contributed by atoms with Crippen LogP contribution in [-0.4, -0.2) is 30.2 Å². The summed E-state index contributed by atoms with van der Waals surface area (Å²) in [6.07, 6.45) is 4.31. The molecule has 0 unspecified atom stereocenters. The molecule has 0 amide bonds. The fraction of sp³-hybridized carbons (Fsp3) is 0.389. The van der Waals surface area contributed by atoms with Crippen molar-refractivity contribution >= 4 is 29.9 Å². The third kappa shape index (κ3) is 7.25. The monoisotopic (exact) mass is 442 g/mol. The van der Waals surface area contributed by atoms with E-state index in [4.69, 9.17) is 4.74 Å². The standard InChI is InChI=1S/C18H26N4O.HI/c1-15(2)23-17-8-6-16(7-9-17)14-21-18(19-3)20-10-13-22-11-4-5-12-22;/h4-9,11-12,15H,10,13-14H2,1-3H3,(H2,19,20,21);1H. The number of rotatable bonds is 7. The first-order chi connectivity index (χ1) is 11.2. The van der Waals surface area contributed by atoms with Crippen molar-refractivity contribution in [2.24, 2.45) is 4.99 Å². The van der Waals surface area contributed by atoms with Crippen LogP contribution in [0.4, 0.5) is 0 Å². The zero-order chi connectivity index (χ0) is 16.5. The van der Waals surface area contributed by atoms with Crippen LogP contribution in [0.1, 0.15) is 19.4 Å². The predicted molar refractivity (Wildman–Crippen MR) is 110 cm³/mol. The number of aliphatic imine (C=N–C) groups is 1. The van der Waals surface area contributed by atoms with Gasteiger partial charge in [0.05, 0.1) is 6.10 Å². The smallest absolute Gasteiger partial charge is 0.191 e. The van der Waals surface area contributed by atoms with Crippen molar-refractivity contribution in [2.45, 2.75) is 33.0 Å². The summed E-state index contributed by atoms with van der Waals surface area (Å²) in [5.41, 5.74) is 1.19. The number of ether oxygens (including phenoxy) is 1. The first kappa shape index (κ1) is 20.3. The Hall–Kier alpha value is -1.70. The van der Waals surface area contributed by atoms with E-state index in [0.29, 0.717) is 0 Å². The Morgan fingerprint density at radius 1 is 1.12 bits per heavy atom.